The van der Waals surface area contributed by atoms with Crippen LogP contribution in [0.4, 0.5) is 0 Å². The first-order valence-electron chi connectivity index (χ1n) is 7.82. The van der Waals surface area contributed by atoms with Crippen LogP contribution >= 0.6 is 0 Å². The molecule has 6 nitrogen and oxygen atoms in total. The van der Waals surface area contributed by atoms with Crippen LogP contribution in [0.3, 0.4) is 0 Å². The fraction of sp³-hybridized carbons (Fsp3) is 0.389. The Hall–Kier alpha value is -2.63. The minimum absolute atomic E-state index is 0.0219. The monoisotopic (exact) mass is 329 g/mol. The molecule has 0 spiro atoms. The maximum atomic E-state index is 12.1. The first kappa shape index (κ1) is 17.7. The average molecular weight is 329 g/mol. The van der Waals surface area contributed by atoms with E-state index in [0.29, 0.717) is 18.8 Å². The van der Waals surface area contributed by atoms with E-state index in [2.05, 4.69) is 15.3 Å². The molecular weight excluding hydrogens is 306 g/mol. The molecule has 1 heterocycles. The Bertz CT molecular complexity index is 776. The van der Waals surface area contributed by atoms with Gasteiger partial charge in [-0.05, 0) is 24.1 Å². The summed E-state index contributed by atoms with van der Waals surface area (Å²) in [6.45, 7) is 6.25. The topological polar surface area (TPSA) is 84.1 Å². The Morgan fingerprint density at radius 2 is 2.08 bits per heavy atom. The molecule has 128 valence electrons. The molecule has 0 aliphatic carbocycles. The molecule has 1 aromatic heterocycles. The lowest BCUT2D eigenvalue weighted by Gasteiger charge is -2.16. The standard InChI is InChI=1S/C18H23N3O3/c1-18(2,3)17-20-11-14(16(23)21-17)15(22)19-9-8-12-6-5-7-13(10-12)24-4/h5-7,10-11H,8-9H2,1-4H3,(H,19,22)(H,20,21,23). The van der Waals surface area contributed by atoms with Crippen LogP contribution in [0.15, 0.2) is 35.3 Å². The Balaban J connectivity index is 1.99. The van der Waals surface area contributed by atoms with E-state index in [0.717, 1.165) is 11.3 Å². The Kier molecular flexibility index (Phi) is 5.39. The van der Waals surface area contributed by atoms with Crippen LogP contribution in [0.25, 0.3) is 0 Å². The molecule has 24 heavy (non-hydrogen) atoms. The van der Waals surface area contributed by atoms with Gasteiger partial charge in [0.05, 0.1) is 7.11 Å². The highest BCUT2D eigenvalue weighted by Gasteiger charge is 2.19. The van der Waals surface area contributed by atoms with Gasteiger partial charge >= 0.3 is 0 Å². The van der Waals surface area contributed by atoms with Gasteiger partial charge in [-0.3, -0.25) is 9.59 Å². The van der Waals surface area contributed by atoms with Crippen molar-refractivity contribution in [1.29, 1.82) is 0 Å². The van der Waals surface area contributed by atoms with E-state index in [1.807, 2.05) is 45.0 Å². The van der Waals surface area contributed by atoms with Gasteiger partial charge in [-0.25, -0.2) is 4.98 Å². The molecule has 0 saturated heterocycles. The predicted octanol–water partition coefficient (Wildman–Crippen LogP) is 2.05. The summed E-state index contributed by atoms with van der Waals surface area (Å²) in [5, 5.41) is 2.74. The number of aromatic nitrogens is 2. The molecule has 0 aliphatic rings. The van der Waals surface area contributed by atoms with E-state index in [1.165, 1.54) is 6.20 Å². The van der Waals surface area contributed by atoms with E-state index >= 15 is 0 Å². The zero-order valence-electron chi connectivity index (χ0n) is 14.5. The lowest BCUT2D eigenvalue weighted by molar-refractivity contribution is 0.0952. The van der Waals surface area contributed by atoms with Crippen molar-refractivity contribution in [2.45, 2.75) is 32.6 Å². The summed E-state index contributed by atoms with van der Waals surface area (Å²) in [4.78, 5) is 31.1. The van der Waals surface area contributed by atoms with E-state index in [-0.39, 0.29) is 11.0 Å². The van der Waals surface area contributed by atoms with Crippen molar-refractivity contribution in [2.24, 2.45) is 0 Å². The van der Waals surface area contributed by atoms with Gasteiger partial charge in [0, 0.05) is 18.2 Å². The number of methoxy groups -OCH3 is 1. The highest BCUT2D eigenvalue weighted by Crippen LogP contribution is 2.16. The van der Waals surface area contributed by atoms with Gasteiger partial charge in [-0.2, -0.15) is 0 Å². The number of rotatable bonds is 5. The van der Waals surface area contributed by atoms with Crippen molar-refractivity contribution in [1.82, 2.24) is 15.3 Å². The van der Waals surface area contributed by atoms with Gasteiger partial charge in [-0.15, -0.1) is 0 Å². The first-order chi connectivity index (χ1) is 11.3. The van der Waals surface area contributed by atoms with Crippen molar-refractivity contribution in [3.8, 4) is 5.75 Å². The van der Waals surface area contributed by atoms with Crippen LogP contribution in [0.1, 0.15) is 42.5 Å². The molecule has 0 unspecified atom stereocenters. The summed E-state index contributed by atoms with van der Waals surface area (Å²) in [5.41, 5.74) is 0.368. The number of amides is 1. The molecule has 0 atom stereocenters. The molecule has 2 N–H and O–H groups in total. The van der Waals surface area contributed by atoms with Crippen LogP contribution in [0.5, 0.6) is 5.75 Å². The number of carbonyl (C=O) groups excluding carboxylic acids is 1. The van der Waals surface area contributed by atoms with E-state index in [1.54, 1.807) is 7.11 Å². The summed E-state index contributed by atoms with van der Waals surface area (Å²) in [6, 6.07) is 7.64. The van der Waals surface area contributed by atoms with Crippen molar-refractivity contribution in [2.75, 3.05) is 13.7 Å². The third-order valence-corrected chi connectivity index (χ3v) is 3.59. The fourth-order valence-corrected chi connectivity index (χ4v) is 2.18. The second-order valence-corrected chi connectivity index (χ2v) is 6.58. The summed E-state index contributed by atoms with van der Waals surface area (Å²) < 4.78 is 5.16. The molecule has 0 saturated carbocycles. The van der Waals surface area contributed by atoms with Crippen molar-refractivity contribution < 1.29 is 9.53 Å². The molecule has 0 bridgehead atoms. The van der Waals surface area contributed by atoms with Crippen molar-refractivity contribution in [3.63, 3.8) is 0 Å². The SMILES string of the molecule is COc1cccc(CCNC(=O)c2cnc(C(C)(C)C)[nH]c2=O)c1. The first-order valence-corrected chi connectivity index (χ1v) is 7.82. The zero-order valence-corrected chi connectivity index (χ0v) is 14.5. The third kappa shape index (κ3) is 4.44. The summed E-state index contributed by atoms with van der Waals surface area (Å²) in [6.07, 6.45) is 1.98. The minimum atomic E-state index is -0.424. The normalized spacial score (nSPS) is 11.2. The molecule has 2 rings (SSSR count). The smallest absolute Gasteiger partial charge is 0.263 e. The van der Waals surface area contributed by atoms with Crippen LogP contribution < -0.4 is 15.6 Å². The quantitative estimate of drug-likeness (QED) is 0.879. The van der Waals surface area contributed by atoms with E-state index in [4.69, 9.17) is 4.74 Å². The minimum Gasteiger partial charge on any atom is -0.497 e. The Morgan fingerprint density at radius 3 is 2.71 bits per heavy atom. The number of nitrogens with one attached hydrogen (secondary N) is 2. The van der Waals surface area contributed by atoms with Crippen LogP contribution in [0, 0.1) is 0 Å². The molecule has 2 aromatic rings. The van der Waals surface area contributed by atoms with Crippen molar-refractivity contribution >= 4 is 5.91 Å². The lowest BCUT2D eigenvalue weighted by atomic mass is 9.96. The lowest BCUT2D eigenvalue weighted by Crippen LogP contribution is -2.33. The molecule has 0 radical (unpaired) electrons. The van der Waals surface area contributed by atoms with E-state index in [9.17, 15) is 9.59 Å². The largest absolute Gasteiger partial charge is 0.497 e. The molecule has 0 aliphatic heterocycles. The highest BCUT2D eigenvalue weighted by molar-refractivity contribution is 5.93. The third-order valence-electron chi connectivity index (χ3n) is 3.59. The van der Waals surface area contributed by atoms with Gasteiger partial charge in [0.1, 0.15) is 17.1 Å². The maximum Gasteiger partial charge on any atom is 0.263 e. The second-order valence-electron chi connectivity index (χ2n) is 6.58. The molecule has 6 heteroatoms. The molecule has 0 fully saturated rings. The van der Waals surface area contributed by atoms with Gasteiger partial charge in [0.15, 0.2) is 0 Å². The van der Waals surface area contributed by atoms with Crippen LogP contribution in [-0.4, -0.2) is 29.5 Å². The fourth-order valence-electron chi connectivity index (χ4n) is 2.18. The van der Waals surface area contributed by atoms with Gasteiger partial charge in [0.25, 0.3) is 11.5 Å². The Morgan fingerprint density at radius 1 is 1.33 bits per heavy atom. The summed E-state index contributed by atoms with van der Waals surface area (Å²) in [5.74, 6) is 0.907. The number of H-pyrrole nitrogens is 1. The maximum absolute atomic E-state index is 12.1. The number of nitrogens with zero attached hydrogens (tertiary/aromatic N) is 1. The predicted molar refractivity (Wildman–Crippen MR) is 92.6 cm³/mol. The van der Waals surface area contributed by atoms with Crippen LogP contribution in [0.2, 0.25) is 0 Å². The number of hydrogen-bond acceptors (Lipinski definition) is 4. The Labute approximate surface area is 141 Å². The second kappa shape index (κ2) is 7.29. The number of hydrogen-bond donors (Lipinski definition) is 2. The highest BCUT2D eigenvalue weighted by atomic mass is 16.5. The number of ether oxygens (including phenoxy) is 1. The van der Waals surface area contributed by atoms with E-state index < -0.39 is 11.5 Å². The van der Waals surface area contributed by atoms with Gasteiger partial charge in [0.2, 0.25) is 0 Å². The molecule has 1 amide bonds. The zero-order chi connectivity index (χ0) is 17.7. The number of aromatic amines is 1. The number of benzene rings is 1. The average Bonchev–Trinajstić information content (AvgIpc) is 2.54. The number of carbonyl (C=O) groups is 1. The van der Waals surface area contributed by atoms with Gasteiger partial charge in [-0.1, -0.05) is 32.9 Å². The summed E-state index contributed by atoms with van der Waals surface area (Å²) >= 11 is 0. The molecular formula is C18H23N3O3. The van der Waals surface area contributed by atoms with Gasteiger partial charge < -0.3 is 15.0 Å². The summed E-state index contributed by atoms with van der Waals surface area (Å²) in [7, 11) is 1.61. The van der Waals surface area contributed by atoms with Crippen LogP contribution in [-0.2, 0) is 11.8 Å². The van der Waals surface area contributed by atoms with Crippen molar-refractivity contribution in [3.05, 3.63) is 57.8 Å². The molecule has 1 aromatic carbocycles.